The van der Waals surface area contributed by atoms with Crippen LogP contribution in [0, 0.1) is 11.8 Å². The fourth-order valence-electron chi connectivity index (χ4n) is 5.08. The summed E-state index contributed by atoms with van der Waals surface area (Å²) in [5.41, 5.74) is -0.363. The number of rotatable bonds is 19. The molecule has 0 aromatic heterocycles. The minimum Gasteiger partial charge on any atom is -0.379 e. The van der Waals surface area contributed by atoms with E-state index in [1.165, 1.54) is 17.0 Å². The van der Waals surface area contributed by atoms with E-state index in [4.69, 9.17) is 9.47 Å². The Hall–Kier alpha value is -3.29. The predicted molar refractivity (Wildman–Crippen MR) is 168 cm³/mol. The number of hydrogen-bond acceptors (Lipinski definition) is 7. The van der Waals surface area contributed by atoms with Crippen molar-refractivity contribution < 1.29 is 41.8 Å². The van der Waals surface area contributed by atoms with Crippen molar-refractivity contribution in [3.8, 4) is 0 Å². The Balaban J connectivity index is 1.96. The number of carbonyl (C=O) groups is 4. The third-order valence-corrected chi connectivity index (χ3v) is 7.79. The molecule has 1 fully saturated rings. The van der Waals surface area contributed by atoms with Gasteiger partial charge in [-0.3, -0.25) is 19.2 Å². The second-order valence-electron chi connectivity index (χ2n) is 12.1. The number of benzene rings is 1. The highest BCUT2D eigenvalue weighted by molar-refractivity contribution is 6.00. The second kappa shape index (κ2) is 18.8. The van der Waals surface area contributed by atoms with Gasteiger partial charge in [0.05, 0.1) is 25.9 Å². The van der Waals surface area contributed by atoms with Crippen molar-refractivity contribution in [2.24, 2.45) is 11.8 Å². The second-order valence-corrected chi connectivity index (χ2v) is 12.1. The maximum atomic E-state index is 13.6. The first-order chi connectivity index (χ1) is 21.7. The van der Waals surface area contributed by atoms with Crippen molar-refractivity contribution in [3.05, 3.63) is 47.5 Å². The first kappa shape index (κ1) is 38.9. The highest BCUT2D eigenvalue weighted by Crippen LogP contribution is 2.30. The van der Waals surface area contributed by atoms with Gasteiger partial charge in [0.25, 0.3) is 5.91 Å². The molecule has 3 amide bonds. The van der Waals surface area contributed by atoms with Crippen LogP contribution >= 0.6 is 0 Å². The average molecular weight is 655 g/mol. The lowest BCUT2D eigenvalue weighted by Gasteiger charge is -2.32. The first-order valence-corrected chi connectivity index (χ1v) is 15.8. The van der Waals surface area contributed by atoms with Crippen LogP contribution in [0.2, 0.25) is 0 Å². The number of nitrogens with zero attached hydrogens (tertiary/aromatic N) is 1. The molecule has 1 heterocycles. The number of carbonyl (C=O) groups excluding carboxylic acids is 4. The van der Waals surface area contributed by atoms with Crippen molar-refractivity contribution in [2.45, 2.75) is 77.7 Å². The predicted octanol–water partition coefficient (Wildman–Crippen LogP) is 3.91. The summed E-state index contributed by atoms with van der Waals surface area (Å²) < 4.78 is 50.9. The van der Waals surface area contributed by atoms with Gasteiger partial charge in [-0.25, -0.2) is 0 Å². The fourth-order valence-corrected chi connectivity index (χ4v) is 5.08. The number of ketones is 1. The maximum Gasteiger partial charge on any atom is 0.414 e. The zero-order valence-electron chi connectivity index (χ0n) is 27.5. The van der Waals surface area contributed by atoms with E-state index in [1.54, 1.807) is 39.8 Å². The summed E-state index contributed by atoms with van der Waals surface area (Å²) in [7, 11) is 1.85. The lowest BCUT2D eigenvalue weighted by Crippen LogP contribution is -2.56. The van der Waals surface area contributed by atoms with Crippen LogP contribution in [0.3, 0.4) is 0 Å². The van der Waals surface area contributed by atoms with E-state index in [-0.39, 0.29) is 36.7 Å². The number of halogens is 3. The van der Waals surface area contributed by atoms with Gasteiger partial charge in [-0.15, -0.1) is 0 Å². The van der Waals surface area contributed by atoms with Crippen molar-refractivity contribution in [3.63, 3.8) is 0 Å². The molecule has 2 rings (SSSR count). The summed E-state index contributed by atoms with van der Waals surface area (Å²) in [6.45, 7) is 12.7. The molecule has 258 valence electrons. The van der Waals surface area contributed by atoms with Crippen molar-refractivity contribution in [1.82, 2.24) is 20.9 Å². The third-order valence-electron chi connectivity index (χ3n) is 7.79. The highest BCUT2D eigenvalue weighted by atomic mass is 19.4. The molecule has 1 aromatic rings. The van der Waals surface area contributed by atoms with Crippen molar-refractivity contribution in [1.29, 1.82) is 0 Å². The molecule has 1 aliphatic rings. The summed E-state index contributed by atoms with van der Waals surface area (Å²) in [5, 5.41) is 8.17. The van der Waals surface area contributed by atoms with Crippen LogP contribution < -0.4 is 16.0 Å². The fraction of sp³-hybridized carbons (Fsp3) is 0.636. The van der Waals surface area contributed by atoms with Gasteiger partial charge in [-0.2, -0.15) is 13.2 Å². The molecule has 2 unspecified atom stereocenters. The summed E-state index contributed by atoms with van der Waals surface area (Å²) in [4.78, 5) is 53.8. The molecule has 0 bridgehead atoms. The quantitative estimate of drug-likeness (QED) is 0.117. The highest BCUT2D eigenvalue weighted by Gasteiger charge is 2.42. The minimum atomic E-state index is -4.68. The Kier molecular flexibility index (Phi) is 15.9. The molecule has 10 nitrogen and oxygen atoms in total. The van der Waals surface area contributed by atoms with Crippen LogP contribution in [0.15, 0.2) is 36.4 Å². The van der Waals surface area contributed by atoms with E-state index < -0.39 is 53.5 Å². The SMILES string of the molecule is C=C(C(NC(=O)C1CCCN1C(=O)[C@@H](NC(=O)c1ccc(C(=O)CCCOCCOCCNC)cc1)C(C)C)C(C)C)C(F)(F)F. The number of likely N-dealkylation sites (N-methyl/N-ethyl adjacent to an activating group) is 1. The molecular weight excluding hydrogens is 605 g/mol. The Labute approximate surface area is 269 Å². The lowest BCUT2D eigenvalue weighted by atomic mass is 9.96. The van der Waals surface area contributed by atoms with Gasteiger partial charge in [0.15, 0.2) is 5.78 Å². The van der Waals surface area contributed by atoms with E-state index in [0.717, 1.165) is 6.54 Å². The molecule has 0 radical (unpaired) electrons. The Morgan fingerprint density at radius 3 is 2.07 bits per heavy atom. The largest absolute Gasteiger partial charge is 0.414 e. The van der Waals surface area contributed by atoms with Gasteiger partial charge in [0, 0.05) is 42.8 Å². The molecular formula is C33H49F3N4O6. The van der Waals surface area contributed by atoms with Crippen molar-refractivity contribution >= 4 is 23.5 Å². The molecule has 0 saturated carbocycles. The zero-order chi connectivity index (χ0) is 34.4. The van der Waals surface area contributed by atoms with E-state index in [0.29, 0.717) is 44.8 Å². The molecule has 46 heavy (non-hydrogen) atoms. The van der Waals surface area contributed by atoms with Gasteiger partial charge >= 0.3 is 6.18 Å². The maximum absolute atomic E-state index is 13.6. The molecule has 3 N–H and O–H groups in total. The van der Waals surface area contributed by atoms with E-state index in [2.05, 4.69) is 22.5 Å². The number of nitrogens with one attached hydrogen (secondary N) is 3. The van der Waals surface area contributed by atoms with Gasteiger partial charge in [0.2, 0.25) is 11.8 Å². The Morgan fingerprint density at radius 2 is 1.50 bits per heavy atom. The number of alkyl halides is 3. The van der Waals surface area contributed by atoms with Crippen molar-refractivity contribution in [2.75, 3.05) is 46.6 Å². The summed E-state index contributed by atoms with van der Waals surface area (Å²) >= 11 is 0. The normalized spacial score (nSPS) is 16.4. The van der Waals surface area contributed by atoms with Crippen LogP contribution in [0.1, 0.15) is 74.1 Å². The summed E-state index contributed by atoms with van der Waals surface area (Å²) in [5.74, 6) is -2.73. The van der Waals surface area contributed by atoms with Crippen LogP contribution in [-0.4, -0.2) is 99.3 Å². The van der Waals surface area contributed by atoms with Gasteiger partial charge in [0.1, 0.15) is 12.1 Å². The average Bonchev–Trinajstić information content (AvgIpc) is 3.50. The third kappa shape index (κ3) is 11.8. The summed E-state index contributed by atoms with van der Waals surface area (Å²) in [6.07, 6.45) is -3.08. The minimum absolute atomic E-state index is 0.0899. The van der Waals surface area contributed by atoms with Crippen LogP contribution in [0.4, 0.5) is 13.2 Å². The molecule has 1 aliphatic heterocycles. The molecule has 1 saturated heterocycles. The van der Waals surface area contributed by atoms with Gasteiger partial charge in [-0.1, -0.05) is 46.4 Å². The van der Waals surface area contributed by atoms with Crippen LogP contribution in [0.25, 0.3) is 0 Å². The monoisotopic (exact) mass is 654 g/mol. The summed E-state index contributed by atoms with van der Waals surface area (Å²) in [6, 6.07) is 2.83. The lowest BCUT2D eigenvalue weighted by molar-refractivity contribution is -0.141. The van der Waals surface area contributed by atoms with E-state index in [1.807, 2.05) is 7.05 Å². The molecule has 3 atom stereocenters. The number of amides is 3. The van der Waals surface area contributed by atoms with Crippen LogP contribution in [-0.2, 0) is 19.1 Å². The Bertz CT molecular complexity index is 1170. The molecule has 0 spiro atoms. The molecule has 1 aromatic carbocycles. The van der Waals surface area contributed by atoms with E-state index >= 15 is 0 Å². The number of hydrogen-bond donors (Lipinski definition) is 3. The Morgan fingerprint density at radius 1 is 0.913 bits per heavy atom. The zero-order valence-corrected chi connectivity index (χ0v) is 27.5. The number of ether oxygens (including phenoxy) is 2. The first-order valence-electron chi connectivity index (χ1n) is 15.8. The molecule has 0 aliphatic carbocycles. The molecule has 13 heteroatoms. The van der Waals surface area contributed by atoms with Crippen LogP contribution in [0.5, 0.6) is 0 Å². The van der Waals surface area contributed by atoms with E-state index in [9.17, 15) is 32.3 Å². The number of Topliss-reactive ketones (excluding diaryl/α,β-unsaturated/α-hetero) is 1. The topological polar surface area (TPSA) is 126 Å². The van der Waals surface area contributed by atoms with Gasteiger partial charge < -0.3 is 30.3 Å². The van der Waals surface area contributed by atoms with Gasteiger partial charge in [-0.05, 0) is 50.3 Å². The standard InChI is InChI=1S/C33H49F3N4O6/c1-21(2)28(23(5)33(34,35)36)38-31(43)26-9-7-16-40(26)32(44)29(22(3)4)39-30(42)25-13-11-24(12-14-25)27(41)10-8-17-45-19-20-46-18-15-37-6/h11-14,21-22,26,28-29,37H,5,7-10,15-20H2,1-4,6H3,(H,38,43)(H,39,42)/t26?,28?,29-/m0/s1. The smallest absolute Gasteiger partial charge is 0.379 e. The number of likely N-dealkylation sites (tertiary alicyclic amines) is 1.